The molecule has 0 amide bonds. The van der Waals surface area contributed by atoms with E-state index in [-0.39, 0.29) is 11.8 Å². The first kappa shape index (κ1) is 17.3. The van der Waals surface area contributed by atoms with E-state index in [9.17, 15) is 10.4 Å². The third-order valence-electron chi connectivity index (χ3n) is 5.67. The molecule has 27 heavy (non-hydrogen) atoms. The number of nitrogens with zero attached hydrogens (tertiary/aromatic N) is 2. The normalized spacial score (nSPS) is 27.1. The van der Waals surface area contributed by atoms with Crippen LogP contribution in [0.2, 0.25) is 0 Å². The number of ether oxygens (including phenoxy) is 1. The van der Waals surface area contributed by atoms with Crippen LogP contribution in [0.3, 0.4) is 0 Å². The highest BCUT2D eigenvalue weighted by Gasteiger charge is 2.51. The van der Waals surface area contributed by atoms with Gasteiger partial charge in [-0.2, -0.15) is 10.5 Å². The third kappa shape index (κ3) is 2.99. The number of allylic oxidation sites excluding steroid dienone is 1. The highest BCUT2D eigenvalue weighted by Crippen LogP contribution is 2.53. The number of nitriles is 2. The number of hydrogen-bond acceptors (Lipinski definition) is 4. The summed E-state index contributed by atoms with van der Waals surface area (Å²) in [6.45, 7) is 0. The molecule has 1 saturated carbocycles. The molecule has 1 heterocycles. The van der Waals surface area contributed by atoms with Crippen LogP contribution in [-0.4, -0.2) is 10.9 Å². The molecule has 0 bridgehead atoms. The fourth-order valence-corrected chi connectivity index (χ4v) is 4.37. The summed E-state index contributed by atoms with van der Waals surface area (Å²) in [7, 11) is 0. The minimum Gasteiger partial charge on any atom is -0.461 e. The molecule has 1 aliphatic heterocycles. The van der Waals surface area contributed by atoms with Crippen molar-refractivity contribution in [3.8, 4) is 12.1 Å². The minimum atomic E-state index is -1.28. The van der Waals surface area contributed by atoms with Crippen molar-refractivity contribution in [2.24, 2.45) is 5.92 Å². The molecule has 4 heteroatoms. The number of aliphatic hydroxyl groups is 1. The van der Waals surface area contributed by atoms with E-state index in [4.69, 9.17) is 10.00 Å². The summed E-state index contributed by atoms with van der Waals surface area (Å²) in [6.07, 6.45) is 3.26. The largest absolute Gasteiger partial charge is 0.461 e. The Hall–Kier alpha value is -3.08. The first-order valence-corrected chi connectivity index (χ1v) is 9.27. The maximum absolute atomic E-state index is 11.4. The van der Waals surface area contributed by atoms with E-state index in [1.54, 1.807) is 12.1 Å². The van der Waals surface area contributed by atoms with Crippen LogP contribution in [0.1, 0.15) is 48.3 Å². The summed E-state index contributed by atoms with van der Waals surface area (Å²) in [5, 5.41) is 30.4. The van der Waals surface area contributed by atoms with Crippen LogP contribution in [0, 0.1) is 28.6 Å². The van der Waals surface area contributed by atoms with Crippen LogP contribution in [0.15, 0.2) is 60.2 Å². The summed E-state index contributed by atoms with van der Waals surface area (Å²) in [5.41, 5.74) is 2.86. The number of benzene rings is 2. The summed E-state index contributed by atoms with van der Waals surface area (Å²) < 4.78 is 6.12. The SMILES string of the molecule is N#CC1=C(c2ccccc2)O[C@]2(O)CCCC[C@H]2[C@@H]1c1ccc(C#N)cc1. The summed E-state index contributed by atoms with van der Waals surface area (Å²) in [5.74, 6) is -1.24. The van der Waals surface area contributed by atoms with Gasteiger partial charge in [0.1, 0.15) is 5.76 Å². The van der Waals surface area contributed by atoms with E-state index in [0.29, 0.717) is 23.3 Å². The van der Waals surface area contributed by atoms with Gasteiger partial charge < -0.3 is 9.84 Å². The second-order valence-corrected chi connectivity index (χ2v) is 7.23. The monoisotopic (exact) mass is 356 g/mol. The smallest absolute Gasteiger partial charge is 0.211 e. The van der Waals surface area contributed by atoms with Crippen LogP contribution in [0.5, 0.6) is 0 Å². The fraction of sp³-hybridized carbons (Fsp3) is 0.304. The van der Waals surface area contributed by atoms with Gasteiger partial charge >= 0.3 is 0 Å². The number of hydrogen-bond donors (Lipinski definition) is 1. The van der Waals surface area contributed by atoms with Crippen molar-refractivity contribution in [2.75, 3.05) is 0 Å². The van der Waals surface area contributed by atoms with Gasteiger partial charge in [0.05, 0.1) is 23.3 Å². The van der Waals surface area contributed by atoms with E-state index in [1.807, 2.05) is 42.5 Å². The summed E-state index contributed by atoms with van der Waals surface area (Å²) >= 11 is 0. The highest BCUT2D eigenvalue weighted by molar-refractivity contribution is 5.70. The minimum absolute atomic E-state index is 0.179. The molecule has 1 aliphatic carbocycles. The molecular weight excluding hydrogens is 336 g/mol. The predicted molar refractivity (Wildman–Crippen MR) is 101 cm³/mol. The zero-order chi connectivity index (χ0) is 18.9. The Balaban J connectivity index is 1.90. The average Bonchev–Trinajstić information content (AvgIpc) is 2.72. The lowest BCUT2D eigenvalue weighted by Gasteiger charge is -2.47. The quantitative estimate of drug-likeness (QED) is 0.860. The molecular formula is C23H20N2O2. The molecule has 1 fully saturated rings. The Labute approximate surface area is 158 Å². The van der Waals surface area contributed by atoms with E-state index in [0.717, 1.165) is 30.4 Å². The molecule has 0 radical (unpaired) electrons. The van der Waals surface area contributed by atoms with Gasteiger partial charge in [0.2, 0.25) is 5.79 Å². The molecule has 0 aromatic heterocycles. The van der Waals surface area contributed by atoms with Crippen molar-refractivity contribution in [3.05, 3.63) is 76.9 Å². The molecule has 1 N–H and O–H groups in total. The van der Waals surface area contributed by atoms with Crippen molar-refractivity contribution < 1.29 is 9.84 Å². The van der Waals surface area contributed by atoms with Crippen molar-refractivity contribution >= 4 is 5.76 Å². The lowest BCUT2D eigenvalue weighted by molar-refractivity contribution is -0.223. The highest BCUT2D eigenvalue weighted by atomic mass is 16.6. The van der Waals surface area contributed by atoms with E-state index < -0.39 is 5.79 Å². The standard InChI is InChI=1S/C23H20N2O2/c24-14-16-9-11-17(12-10-16)21-19(15-25)22(18-6-2-1-3-7-18)27-23(26)13-5-4-8-20(21)23/h1-3,6-7,9-12,20-21,26H,4-5,8,13H2/t20-,21+,23+/m0/s1. The second kappa shape index (κ2) is 6.91. The van der Waals surface area contributed by atoms with Crippen LogP contribution < -0.4 is 0 Å². The van der Waals surface area contributed by atoms with Gasteiger partial charge in [0, 0.05) is 23.8 Å². The molecule has 134 valence electrons. The van der Waals surface area contributed by atoms with Gasteiger partial charge in [-0.05, 0) is 30.5 Å². The van der Waals surface area contributed by atoms with Crippen molar-refractivity contribution in [3.63, 3.8) is 0 Å². The van der Waals surface area contributed by atoms with Crippen LogP contribution in [0.25, 0.3) is 5.76 Å². The third-order valence-corrected chi connectivity index (χ3v) is 5.67. The first-order valence-electron chi connectivity index (χ1n) is 9.27. The van der Waals surface area contributed by atoms with Crippen molar-refractivity contribution in [1.29, 1.82) is 10.5 Å². The van der Waals surface area contributed by atoms with Gasteiger partial charge in [-0.15, -0.1) is 0 Å². The molecule has 0 saturated heterocycles. The van der Waals surface area contributed by atoms with Gasteiger partial charge in [-0.1, -0.05) is 48.9 Å². The zero-order valence-corrected chi connectivity index (χ0v) is 14.9. The molecule has 2 aromatic carbocycles. The maximum atomic E-state index is 11.4. The van der Waals surface area contributed by atoms with Crippen LogP contribution in [0.4, 0.5) is 0 Å². The fourth-order valence-electron chi connectivity index (χ4n) is 4.37. The summed E-state index contributed by atoms with van der Waals surface area (Å²) in [6, 6.07) is 21.3. The lowest BCUT2D eigenvalue weighted by Crippen LogP contribution is -2.48. The van der Waals surface area contributed by atoms with Crippen molar-refractivity contribution in [2.45, 2.75) is 37.4 Å². The van der Waals surface area contributed by atoms with E-state index in [1.165, 1.54) is 0 Å². The zero-order valence-electron chi connectivity index (χ0n) is 14.9. The Morgan fingerprint density at radius 1 is 0.963 bits per heavy atom. The Bertz CT molecular complexity index is 951. The van der Waals surface area contributed by atoms with Gasteiger partial charge in [-0.25, -0.2) is 0 Å². The summed E-state index contributed by atoms with van der Waals surface area (Å²) in [4.78, 5) is 0. The first-order chi connectivity index (χ1) is 13.2. The Morgan fingerprint density at radius 2 is 1.70 bits per heavy atom. The van der Waals surface area contributed by atoms with Crippen molar-refractivity contribution in [1.82, 2.24) is 0 Å². The number of rotatable bonds is 2. The molecule has 0 spiro atoms. The predicted octanol–water partition coefficient (Wildman–Crippen LogP) is 4.49. The molecule has 3 atom stereocenters. The Kier molecular flexibility index (Phi) is 4.44. The molecule has 2 aromatic rings. The lowest BCUT2D eigenvalue weighted by atomic mass is 9.68. The molecule has 4 rings (SSSR count). The van der Waals surface area contributed by atoms with Gasteiger partial charge in [0.15, 0.2) is 0 Å². The molecule has 2 aliphatic rings. The second-order valence-electron chi connectivity index (χ2n) is 7.23. The van der Waals surface area contributed by atoms with Gasteiger partial charge in [-0.3, -0.25) is 0 Å². The molecule has 4 nitrogen and oxygen atoms in total. The maximum Gasteiger partial charge on any atom is 0.211 e. The van der Waals surface area contributed by atoms with Crippen LogP contribution >= 0.6 is 0 Å². The van der Waals surface area contributed by atoms with E-state index in [2.05, 4.69) is 12.1 Å². The topological polar surface area (TPSA) is 77.0 Å². The molecule has 0 unspecified atom stereocenters. The van der Waals surface area contributed by atoms with Crippen LogP contribution in [-0.2, 0) is 4.74 Å². The average molecular weight is 356 g/mol. The van der Waals surface area contributed by atoms with Gasteiger partial charge in [0.25, 0.3) is 0 Å². The van der Waals surface area contributed by atoms with E-state index >= 15 is 0 Å². The Morgan fingerprint density at radius 3 is 2.37 bits per heavy atom. The number of fused-ring (bicyclic) bond motifs is 1.